The zero-order valence-electron chi connectivity index (χ0n) is 14.0. The number of fused-ring (bicyclic) bond motifs is 1. The van der Waals surface area contributed by atoms with E-state index in [1.807, 2.05) is 36.5 Å². The van der Waals surface area contributed by atoms with Crippen molar-refractivity contribution in [3.05, 3.63) is 48.3 Å². The molecule has 0 spiro atoms. The molecule has 25 heavy (non-hydrogen) atoms. The molecule has 0 saturated heterocycles. The van der Waals surface area contributed by atoms with Gasteiger partial charge in [0.15, 0.2) is 5.65 Å². The molecule has 1 fully saturated rings. The molecule has 6 heteroatoms. The van der Waals surface area contributed by atoms with E-state index in [9.17, 15) is 10.2 Å². The molecule has 0 amide bonds. The van der Waals surface area contributed by atoms with Crippen LogP contribution < -0.4 is 5.32 Å². The molecule has 3 N–H and O–H groups in total. The molecule has 1 aromatic carbocycles. The van der Waals surface area contributed by atoms with Crippen LogP contribution in [-0.4, -0.2) is 37.0 Å². The lowest BCUT2D eigenvalue weighted by molar-refractivity contribution is 0.126. The van der Waals surface area contributed by atoms with Gasteiger partial charge in [-0.05, 0) is 48.9 Å². The fourth-order valence-corrected chi connectivity index (χ4v) is 3.42. The van der Waals surface area contributed by atoms with Gasteiger partial charge in [0.2, 0.25) is 0 Å². The highest BCUT2D eigenvalue weighted by Gasteiger charge is 2.19. The molecular formula is C19H22N4O2. The van der Waals surface area contributed by atoms with Crippen LogP contribution in [0.15, 0.2) is 42.7 Å². The Balaban J connectivity index is 1.63. The summed E-state index contributed by atoms with van der Waals surface area (Å²) in [6, 6.07) is 10.1. The molecule has 130 valence electrons. The number of hydrogen-bond acceptors (Lipinski definition) is 5. The van der Waals surface area contributed by atoms with Crippen LogP contribution in [0.4, 0.5) is 5.82 Å². The minimum atomic E-state index is -0.159. The third-order valence-electron chi connectivity index (χ3n) is 4.84. The Morgan fingerprint density at radius 1 is 1.16 bits per heavy atom. The van der Waals surface area contributed by atoms with Crippen molar-refractivity contribution in [3.8, 4) is 11.1 Å². The van der Waals surface area contributed by atoms with Gasteiger partial charge in [-0.25, -0.2) is 9.50 Å². The summed E-state index contributed by atoms with van der Waals surface area (Å²) in [6.07, 6.45) is 7.14. The number of nitrogens with zero attached hydrogens (tertiary/aromatic N) is 3. The molecule has 0 unspecified atom stereocenters. The largest absolute Gasteiger partial charge is 0.393 e. The summed E-state index contributed by atoms with van der Waals surface area (Å²) < 4.78 is 1.76. The van der Waals surface area contributed by atoms with Crippen molar-refractivity contribution in [2.24, 2.45) is 0 Å². The number of aliphatic hydroxyl groups excluding tert-OH is 2. The minimum absolute atomic E-state index is 0.0147. The maximum Gasteiger partial charge on any atom is 0.165 e. The predicted molar refractivity (Wildman–Crippen MR) is 96.2 cm³/mol. The van der Waals surface area contributed by atoms with E-state index in [-0.39, 0.29) is 12.7 Å². The third-order valence-corrected chi connectivity index (χ3v) is 4.84. The highest BCUT2D eigenvalue weighted by molar-refractivity contribution is 5.78. The molecule has 0 atom stereocenters. The molecular weight excluding hydrogens is 316 g/mol. The number of nitrogens with one attached hydrogen (secondary N) is 1. The smallest absolute Gasteiger partial charge is 0.165 e. The molecule has 3 aromatic rings. The zero-order chi connectivity index (χ0) is 17.2. The summed E-state index contributed by atoms with van der Waals surface area (Å²) in [6.45, 7) is 0.0147. The van der Waals surface area contributed by atoms with E-state index in [1.165, 1.54) is 0 Å². The van der Waals surface area contributed by atoms with Crippen molar-refractivity contribution in [3.63, 3.8) is 0 Å². The van der Waals surface area contributed by atoms with Crippen molar-refractivity contribution in [1.29, 1.82) is 0 Å². The summed E-state index contributed by atoms with van der Waals surface area (Å²) in [4.78, 5) is 4.74. The SMILES string of the molecule is OCc1cccc(-c2cnn3ccc(NC4CCC(O)CC4)nc23)c1. The number of aliphatic hydroxyl groups is 2. The Kier molecular flexibility index (Phi) is 4.38. The van der Waals surface area contributed by atoms with Crippen molar-refractivity contribution in [2.75, 3.05) is 5.32 Å². The van der Waals surface area contributed by atoms with Gasteiger partial charge in [-0.1, -0.05) is 18.2 Å². The molecule has 2 aromatic heterocycles. The van der Waals surface area contributed by atoms with Gasteiger partial charge in [0.05, 0.1) is 18.9 Å². The van der Waals surface area contributed by atoms with Crippen molar-refractivity contribution in [2.45, 2.75) is 44.4 Å². The topological polar surface area (TPSA) is 82.7 Å². The zero-order valence-corrected chi connectivity index (χ0v) is 14.0. The van der Waals surface area contributed by atoms with Crippen LogP contribution in [0, 0.1) is 0 Å². The van der Waals surface area contributed by atoms with Gasteiger partial charge in [-0.2, -0.15) is 5.10 Å². The number of rotatable bonds is 4. The van der Waals surface area contributed by atoms with Gasteiger partial charge >= 0.3 is 0 Å². The van der Waals surface area contributed by atoms with E-state index in [0.29, 0.717) is 6.04 Å². The number of hydrogen-bond donors (Lipinski definition) is 3. The summed E-state index contributed by atoms with van der Waals surface area (Å²) >= 11 is 0. The van der Waals surface area contributed by atoms with Gasteiger partial charge in [0.1, 0.15) is 5.82 Å². The third kappa shape index (κ3) is 3.36. The second kappa shape index (κ2) is 6.82. The molecule has 0 bridgehead atoms. The monoisotopic (exact) mass is 338 g/mol. The second-order valence-electron chi connectivity index (χ2n) is 6.65. The van der Waals surface area contributed by atoms with Gasteiger partial charge in [0, 0.05) is 17.8 Å². The van der Waals surface area contributed by atoms with Crippen LogP contribution in [0.3, 0.4) is 0 Å². The predicted octanol–water partition coefficient (Wildman–Crippen LogP) is 2.60. The normalized spacial score (nSPS) is 20.7. The van der Waals surface area contributed by atoms with E-state index in [4.69, 9.17) is 4.98 Å². The first-order valence-electron chi connectivity index (χ1n) is 8.72. The highest BCUT2D eigenvalue weighted by atomic mass is 16.3. The van der Waals surface area contributed by atoms with Crippen LogP contribution in [0.5, 0.6) is 0 Å². The number of aromatic nitrogens is 3. The first kappa shape index (κ1) is 16.1. The maximum absolute atomic E-state index is 9.64. The Hall–Kier alpha value is -2.44. The number of benzene rings is 1. The molecule has 2 heterocycles. The first-order valence-corrected chi connectivity index (χ1v) is 8.72. The van der Waals surface area contributed by atoms with Crippen LogP contribution in [0.25, 0.3) is 16.8 Å². The molecule has 1 aliphatic carbocycles. The van der Waals surface area contributed by atoms with Gasteiger partial charge in [-0.3, -0.25) is 0 Å². The van der Waals surface area contributed by atoms with E-state index in [1.54, 1.807) is 10.7 Å². The lowest BCUT2D eigenvalue weighted by Gasteiger charge is -2.26. The Morgan fingerprint density at radius 3 is 2.80 bits per heavy atom. The lowest BCUT2D eigenvalue weighted by Crippen LogP contribution is -2.28. The quantitative estimate of drug-likeness (QED) is 0.681. The average Bonchev–Trinajstić information content (AvgIpc) is 3.07. The number of anilines is 1. The molecule has 6 nitrogen and oxygen atoms in total. The van der Waals surface area contributed by atoms with Gasteiger partial charge in [0.25, 0.3) is 0 Å². The summed E-state index contributed by atoms with van der Waals surface area (Å²) in [5.41, 5.74) is 3.59. The van der Waals surface area contributed by atoms with Crippen LogP contribution in [0.1, 0.15) is 31.2 Å². The van der Waals surface area contributed by atoms with Gasteiger partial charge < -0.3 is 15.5 Å². The molecule has 0 radical (unpaired) electrons. The summed E-state index contributed by atoms with van der Waals surface area (Å²) in [5, 5.41) is 26.9. The van der Waals surface area contributed by atoms with E-state index < -0.39 is 0 Å². The van der Waals surface area contributed by atoms with Crippen LogP contribution >= 0.6 is 0 Å². The lowest BCUT2D eigenvalue weighted by atomic mass is 9.93. The molecule has 4 rings (SSSR count). The van der Waals surface area contributed by atoms with Crippen molar-refractivity contribution >= 4 is 11.5 Å². The Labute approximate surface area is 146 Å². The highest BCUT2D eigenvalue weighted by Crippen LogP contribution is 2.26. The minimum Gasteiger partial charge on any atom is -0.393 e. The summed E-state index contributed by atoms with van der Waals surface area (Å²) in [7, 11) is 0. The Morgan fingerprint density at radius 2 is 2.00 bits per heavy atom. The molecule has 1 aliphatic rings. The summed E-state index contributed by atoms with van der Waals surface area (Å²) in [5.74, 6) is 0.828. The average molecular weight is 338 g/mol. The molecule has 0 aliphatic heterocycles. The first-order chi connectivity index (χ1) is 12.2. The fraction of sp³-hybridized carbons (Fsp3) is 0.368. The van der Waals surface area contributed by atoms with E-state index in [2.05, 4.69) is 10.4 Å². The standard InChI is InChI=1S/C19H22N4O2/c24-12-13-2-1-3-14(10-13)17-11-20-23-9-8-18(22-19(17)23)21-15-4-6-16(25)7-5-15/h1-3,8-11,15-16,24-25H,4-7,12H2,(H,21,22). The molecule has 1 saturated carbocycles. The fourth-order valence-electron chi connectivity index (χ4n) is 3.42. The van der Waals surface area contributed by atoms with Gasteiger partial charge in [-0.15, -0.1) is 0 Å². The van der Waals surface area contributed by atoms with Crippen LogP contribution in [0.2, 0.25) is 0 Å². The van der Waals surface area contributed by atoms with E-state index in [0.717, 1.165) is 53.8 Å². The maximum atomic E-state index is 9.64. The van der Waals surface area contributed by atoms with Crippen molar-refractivity contribution in [1.82, 2.24) is 14.6 Å². The second-order valence-corrected chi connectivity index (χ2v) is 6.65. The Bertz CT molecular complexity index is 869. The van der Waals surface area contributed by atoms with Crippen molar-refractivity contribution < 1.29 is 10.2 Å². The van der Waals surface area contributed by atoms with Crippen LogP contribution in [-0.2, 0) is 6.61 Å². The van der Waals surface area contributed by atoms with E-state index >= 15 is 0 Å².